The number of nitrogens with zero attached hydrogens (tertiary/aromatic N) is 2. The zero-order valence-corrected chi connectivity index (χ0v) is 17.5. The van der Waals surface area contributed by atoms with Crippen LogP contribution < -0.4 is 5.32 Å². The van der Waals surface area contributed by atoms with E-state index in [0.29, 0.717) is 6.04 Å². The van der Waals surface area contributed by atoms with Crippen molar-refractivity contribution in [2.24, 2.45) is 0 Å². The first-order chi connectivity index (χ1) is 14.3. The predicted octanol–water partition coefficient (Wildman–Crippen LogP) is 5.31. The number of hydrogen-bond donors (Lipinski definition) is 1. The first-order valence-corrected chi connectivity index (χ1v) is 11.4. The van der Waals surface area contributed by atoms with Crippen LogP contribution in [0.1, 0.15) is 46.8 Å². The molecule has 0 saturated heterocycles. The minimum Gasteiger partial charge on any atom is -0.305 e. The molecule has 2 aliphatic rings. The second-order valence-electron chi connectivity index (χ2n) is 7.99. The fraction of sp³-hybridized carbons (Fsp3) is 0.320. The molecule has 1 aliphatic carbocycles. The first-order valence-electron chi connectivity index (χ1n) is 10.6. The molecule has 0 radical (unpaired) electrons. The molecule has 1 N–H and O–H groups in total. The summed E-state index contributed by atoms with van der Waals surface area (Å²) < 4.78 is 2.47. The summed E-state index contributed by atoms with van der Waals surface area (Å²) in [7, 11) is 0. The van der Waals surface area contributed by atoms with Crippen LogP contribution in [0.25, 0.3) is 0 Å². The Balaban J connectivity index is 1.17. The van der Waals surface area contributed by atoms with Crippen molar-refractivity contribution in [3.05, 3.63) is 94.8 Å². The third kappa shape index (κ3) is 4.40. The number of pyridine rings is 1. The zero-order chi connectivity index (χ0) is 19.5. The highest BCUT2D eigenvalue weighted by molar-refractivity contribution is 7.97. The lowest BCUT2D eigenvalue weighted by Crippen LogP contribution is -2.26. The number of aromatic nitrogens is 1. The summed E-state index contributed by atoms with van der Waals surface area (Å²) in [5, 5.41) is 3.73. The van der Waals surface area contributed by atoms with E-state index in [-0.39, 0.29) is 0 Å². The molecule has 0 saturated carbocycles. The van der Waals surface area contributed by atoms with E-state index in [1.807, 2.05) is 18.1 Å². The molecule has 29 heavy (non-hydrogen) atoms. The van der Waals surface area contributed by atoms with Gasteiger partial charge in [-0.3, -0.25) is 4.98 Å². The average Bonchev–Trinajstić information content (AvgIpc) is 2.78. The van der Waals surface area contributed by atoms with Crippen LogP contribution in [0.4, 0.5) is 0 Å². The molecule has 1 atom stereocenters. The Morgan fingerprint density at radius 2 is 1.76 bits per heavy atom. The van der Waals surface area contributed by atoms with E-state index in [2.05, 4.69) is 75.3 Å². The van der Waals surface area contributed by atoms with Gasteiger partial charge in [0.25, 0.3) is 0 Å². The highest BCUT2D eigenvalue weighted by atomic mass is 32.2. The van der Waals surface area contributed by atoms with Crippen LogP contribution in [0.5, 0.6) is 0 Å². The van der Waals surface area contributed by atoms with Crippen LogP contribution in [-0.4, -0.2) is 15.8 Å². The quantitative estimate of drug-likeness (QED) is 0.586. The van der Waals surface area contributed by atoms with Gasteiger partial charge in [-0.1, -0.05) is 42.5 Å². The van der Waals surface area contributed by atoms with E-state index >= 15 is 0 Å². The third-order valence-electron chi connectivity index (χ3n) is 6.00. The summed E-state index contributed by atoms with van der Waals surface area (Å²) in [6.45, 7) is 3.03. The smallest absolute Gasteiger partial charge is 0.0605 e. The maximum Gasteiger partial charge on any atom is 0.0605 e. The molecular weight excluding hydrogens is 374 g/mol. The standard InChI is InChI=1S/C25H27N3S/c1-2-6-22-18-28(16-14-20(22)5-1)29-23-12-10-19(11-13-23)17-27-24-9-3-7-21-8-4-15-26-25(21)24/h1-2,4-6,8,10-13,15,24,27H,3,7,9,14,16-18H2. The van der Waals surface area contributed by atoms with Crippen molar-refractivity contribution < 1.29 is 0 Å². The van der Waals surface area contributed by atoms with Gasteiger partial charge in [-0.2, -0.15) is 0 Å². The van der Waals surface area contributed by atoms with Gasteiger partial charge in [-0.15, -0.1) is 0 Å². The Labute approximate surface area is 177 Å². The van der Waals surface area contributed by atoms with E-state index in [1.54, 1.807) is 0 Å². The predicted molar refractivity (Wildman–Crippen MR) is 120 cm³/mol. The zero-order valence-electron chi connectivity index (χ0n) is 16.7. The summed E-state index contributed by atoms with van der Waals surface area (Å²) in [4.78, 5) is 5.95. The third-order valence-corrected chi connectivity index (χ3v) is 7.05. The maximum absolute atomic E-state index is 4.64. The molecule has 148 valence electrons. The van der Waals surface area contributed by atoms with Gasteiger partial charge in [0.05, 0.1) is 11.7 Å². The van der Waals surface area contributed by atoms with Gasteiger partial charge >= 0.3 is 0 Å². The Hall–Kier alpha value is -2.14. The molecule has 0 fully saturated rings. The Morgan fingerprint density at radius 3 is 2.66 bits per heavy atom. The molecule has 2 heterocycles. The van der Waals surface area contributed by atoms with E-state index in [9.17, 15) is 0 Å². The van der Waals surface area contributed by atoms with Crippen molar-refractivity contribution in [2.75, 3.05) is 6.54 Å². The van der Waals surface area contributed by atoms with Crippen molar-refractivity contribution in [3.8, 4) is 0 Å². The molecule has 0 amide bonds. The molecule has 2 aromatic carbocycles. The first kappa shape index (κ1) is 18.9. The van der Waals surface area contributed by atoms with Crippen molar-refractivity contribution in [3.63, 3.8) is 0 Å². The number of nitrogens with one attached hydrogen (secondary N) is 1. The maximum atomic E-state index is 4.64. The van der Waals surface area contributed by atoms with Gasteiger partial charge in [0, 0.05) is 30.7 Å². The van der Waals surface area contributed by atoms with Crippen LogP contribution in [-0.2, 0) is 25.9 Å². The largest absolute Gasteiger partial charge is 0.305 e. The van der Waals surface area contributed by atoms with E-state index in [0.717, 1.165) is 32.5 Å². The summed E-state index contributed by atoms with van der Waals surface area (Å²) in [6, 6.07) is 22.5. The topological polar surface area (TPSA) is 28.2 Å². The number of rotatable bonds is 5. The van der Waals surface area contributed by atoms with E-state index in [4.69, 9.17) is 0 Å². The average molecular weight is 402 g/mol. The van der Waals surface area contributed by atoms with Gasteiger partial charge in [-0.25, -0.2) is 4.31 Å². The van der Waals surface area contributed by atoms with Crippen molar-refractivity contribution >= 4 is 11.9 Å². The molecule has 3 nitrogen and oxygen atoms in total. The van der Waals surface area contributed by atoms with Gasteiger partial charge in [-0.05, 0) is 78.1 Å². The van der Waals surface area contributed by atoms with Crippen LogP contribution in [0.15, 0.2) is 71.8 Å². The minimum atomic E-state index is 0.377. The molecule has 1 unspecified atom stereocenters. The van der Waals surface area contributed by atoms with Gasteiger partial charge in [0.1, 0.15) is 0 Å². The van der Waals surface area contributed by atoms with Crippen molar-refractivity contribution in [2.45, 2.75) is 49.7 Å². The lowest BCUT2D eigenvalue weighted by Gasteiger charge is -2.27. The van der Waals surface area contributed by atoms with Crippen LogP contribution in [0.3, 0.4) is 0 Å². The molecule has 5 rings (SSSR count). The van der Waals surface area contributed by atoms with Gasteiger partial charge in [0.2, 0.25) is 0 Å². The Kier molecular flexibility index (Phi) is 5.66. The lowest BCUT2D eigenvalue weighted by molar-refractivity contribution is 0.444. The number of fused-ring (bicyclic) bond motifs is 2. The fourth-order valence-electron chi connectivity index (χ4n) is 4.41. The highest BCUT2D eigenvalue weighted by Crippen LogP contribution is 2.30. The molecule has 1 aromatic heterocycles. The lowest BCUT2D eigenvalue weighted by atomic mass is 9.92. The normalized spacial score (nSPS) is 18.8. The molecule has 4 heteroatoms. The van der Waals surface area contributed by atoms with Crippen molar-refractivity contribution in [1.29, 1.82) is 0 Å². The Morgan fingerprint density at radius 1 is 0.931 bits per heavy atom. The summed E-state index contributed by atoms with van der Waals surface area (Å²) >= 11 is 1.88. The minimum absolute atomic E-state index is 0.377. The number of hydrogen-bond acceptors (Lipinski definition) is 4. The summed E-state index contributed by atoms with van der Waals surface area (Å²) in [5.41, 5.74) is 6.96. The van der Waals surface area contributed by atoms with Crippen LogP contribution >= 0.6 is 11.9 Å². The molecule has 0 bridgehead atoms. The summed E-state index contributed by atoms with van der Waals surface area (Å²) in [6.07, 6.45) is 6.64. The van der Waals surface area contributed by atoms with Crippen LogP contribution in [0, 0.1) is 0 Å². The van der Waals surface area contributed by atoms with Gasteiger partial charge < -0.3 is 5.32 Å². The monoisotopic (exact) mass is 401 g/mol. The summed E-state index contributed by atoms with van der Waals surface area (Å²) in [5.74, 6) is 0. The van der Waals surface area contributed by atoms with Crippen molar-refractivity contribution in [1.82, 2.24) is 14.6 Å². The van der Waals surface area contributed by atoms with E-state index < -0.39 is 0 Å². The Bertz CT molecular complexity index is 970. The molecule has 1 aliphatic heterocycles. The van der Waals surface area contributed by atoms with Gasteiger partial charge in [0.15, 0.2) is 0 Å². The second kappa shape index (κ2) is 8.70. The number of benzene rings is 2. The molecule has 0 spiro atoms. The number of aryl methyl sites for hydroxylation is 1. The molecule has 3 aromatic rings. The SMILES string of the molecule is c1ccc2c(c1)CCN(Sc1ccc(CNC3CCCc4cccnc43)cc1)C2. The highest BCUT2D eigenvalue weighted by Gasteiger charge is 2.20. The molecular formula is C25H27N3S. The fourth-order valence-corrected chi connectivity index (χ4v) is 5.36. The van der Waals surface area contributed by atoms with Crippen LogP contribution in [0.2, 0.25) is 0 Å². The second-order valence-corrected chi connectivity index (χ2v) is 9.16. The van der Waals surface area contributed by atoms with E-state index in [1.165, 1.54) is 45.7 Å².